The predicted molar refractivity (Wildman–Crippen MR) is 77.2 cm³/mol. The topological polar surface area (TPSA) is 55.5 Å². The summed E-state index contributed by atoms with van der Waals surface area (Å²) in [6, 6.07) is 8.22. The van der Waals surface area contributed by atoms with Crippen LogP contribution in [0.4, 0.5) is 0 Å². The van der Waals surface area contributed by atoms with Gasteiger partial charge in [-0.1, -0.05) is 24.3 Å². The van der Waals surface area contributed by atoms with Gasteiger partial charge in [0.05, 0.1) is 12.7 Å². The summed E-state index contributed by atoms with van der Waals surface area (Å²) >= 11 is 0. The lowest BCUT2D eigenvalue weighted by Crippen LogP contribution is -2.40. The van der Waals surface area contributed by atoms with Crippen molar-refractivity contribution in [3.05, 3.63) is 35.4 Å². The third-order valence-electron chi connectivity index (χ3n) is 4.38. The maximum absolute atomic E-state index is 9.91. The Hall–Kier alpha value is -0.900. The molecule has 2 atom stereocenters. The molecule has 1 saturated heterocycles. The lowest BCUT2D eigenvalue weighted by Gasteiger charge is -2.33. The Morgan fingerprint density at radius 3 is 2.79 bits per heavy atom. The molecule has 106 valence electrons. The van der Waals surface area contributed by atoms with E-state index < -0.39 is 0 Å². The highest BCUT2D eigenvalue weighted by molar-refractivity contribution is 5.34. The molecule has 0 bridgehead atoms. The average molecular weight is 263 g/mol. The minimum Gasteiger partial charge on any atom is -0.395 e. The summed E-state index contributed by atoms with van der Waals surface area (Å²) in [5, 5.41) is 9.91. The minimum atomic E-state index is -0.322. The Morgan fingerprint density at radius 1 is 1.42 bits per heavy atom. The molecule has 0 aliphatic carbocycles. The Labute approximate surface area is 115 Å². The molecule has 3 N–H and O–H groups in total. The first-order chi connectivity index (χ1) is 9.22. The first kappa shape index (κ1) is 14.5. The molecule has 1 aliphatic heterocycles. The van der Waals surface area contributed by atoms with Crippen LogP contribution in [0.15, 0.2) is 24.3 Å². The normalized spacial score (nSPS) is 22.4. The van der Waals surface area contributed by atoms with Gasteiger partial charge in [-0.2, -0.15) is 0 Å². The zero-order valence-corrected chi connectivity index (χ0v) is 11.8. The lowest BCUT2D eigenvalue weighted by atomic mass is 9.75. The van der Waals surface area contributed by atoms with Crippen molar-refractivity contribution in [1.82, 2.24) is 0 Å². The predicted octanol–water partition coefficient (Wildman–Crippen LogP) is 2.14. The number of hydrogen-bond acceptors (Lipinski definition) is 3. The van der Waals surface area contributed by atoms with Crippen molar-refractivity contribution in [3.8, 4) is 0 Å². The number of aryl methyl sites for hydroxylation is 1. The molecule has 1 aromatic rings. The van der Waals surface area contributed by atoms with E-state index in [4.69, 9.17) is 10.5 Å². The number of aliphatic hydroxyl groups is 1. The maximum atomic E-state index is 9.91. The van der Waals surface area contributed by atoms with Crippen LogP contribution in [0.25, 0.3) is 0 Å². The fraction of sp³-hybridized carbons (Fsp3) is 0.625. The molecule has 19 heavy (non-hydrogen) atoms. The van der Waals surface area contributed by atoms with Crippen molar-refractivity contribution in [3.63, 3.8) is 0 Å². The number of aliphatic hydroxyl groups excluding tert-OH is 1. The van der Waals surface area contributed by atoms with Crippen molar-refractivity contribution in [2.75, 3.05) is 19.8 Å². The summed E-state index contributed by atoms with van der Waals surface area (Å²) in [6.07, 6.45) is 4.51. The maximum Gasteiger partial charge on any atom is 0.0576 e. The largest absolute Gasteiger partial charge is 0.395 e. The third-order valence-corrected chi connectivity index (χ3v) is 4.38. The second-order valence-electron chi connectivity index (χ2n) is 5.63. The van der Waals surface area contributed by atoms with Gasteiger partial charge in [0.15, 0.2) is 0 Å². The minimum absolute atomic E-state index is 0.0983. The molecule has 1 aromatic carbocycles. The molecule has 2 unspecified atom stereocenters. The molecule has 3 nitrogen and oxygen atoms in total. The van der Waals surface area contributed by atoms with E-state index >= 15 is 0 Å². The van der Waals surface area contributed by atoms with E-state index in [1.54, 1.807) is 0 Å². The second kappa shape index (κ2) is 6.51. The molecule has 0 aromatic heterocycles. The smallest absolute Gasteiger partial charge is 0.0576 e. The number of nitrogens with two attached hydrogens (primary N) is 1. The first-order valence-corrected chi connectivity index (χ1v) is 7.20. The molecule has 0 radical (unpaired) electrons. The Bertz CT molecular complexity index is 395. The molecule has 0 saturated carbocycles. The van der Waals surface area contributed by atoms with Crippen molar-refractivity contribution in [2.45, 2.75) is 44.1 Å². The highest BCUT2D eigenvalue weighted by atomic mass is 16.5. The van der Waals surface area contributed by atoms with E-state index in [2.05, 4.69) is 19.1 Å². The van der Waals surface area contributed by atoms with Crippen LogP contribution in [0.3, 0.4) is 0 Å². The van der Waals surface area contributed by atoms with E-state index in [0.29, 0.717) is 12.6 Å². The van der Waals surface area contributed by atoms with Crippen LogP contribution in [0, 0.1) is 6.92 Å². The molecule has 3 heteroatoms. The molecule has 1 fully saturated rings. The molecule has 2 rings (SSSR count). The molecule has 0 spiro atoms. The first-order valence-electron chi connectivity index (χ1n) is 7.20. The molecule has 0 amide bonds. The molecule has 1 heterocycles. The van der Waals surface area contributed by atoms with Gasteiger partial charge in [-0.25, -0.2) is 0 Å². The van der Waals surface area contributed by atoms with E-state index in [-0.39, 0.29) is 12.0 Å². The van der Waals surface area contributed by atoms with Crippen molar-refractivity contribution >= 4 is 0 Å². The number of rotatable bonds is 6. The van der Waals surface area contributed by atoms with Gasteiger partial charge in [0.1, 0.15) is 0 Å². The van der Waals surface area contributed by atoms with Gasteiger partial charge < -0.3 is 15.6 Å². The number of benzene rings is 1. The van der Waals surface area contributed by atoms with Crippen molar-refractivity contribution < 1.29 is 9.84 Å². The highest BCUT2D eigenvalue weighted by Crippen LogP contribution is 2.32. The molecular formula is C16H25NO2. The van der Waals surface area contributed by atoms with Crippen LogP contribution in [0.2, 0.25) is 0 Å². The summed E-state index contributed by atoms with van der Waals surface area (Å²) in [5.41, 5.74) is 8.06. The molecular weight excluding hydrogens is 238 g/mol. The van der Waals surface area contributed by atoms with Gasteiger partial charge in [-0.3, -0.25) is 0 Å². The van der Waals surface area contributed by atoms with E-state index in [1.807, 2.05) is 12.1 Å². The summed E-state index contributed by atoms with van der Waals surface area (Å²) in [5.74, 6) is 0. The fourth-order valence-electron chi connectivity index (χ4n) is 3.05. The summed E-state index contributed by atoms with van der Waals surface area (Å²) in [6.45, 7) is 3.54. The zero-order valence-electron chi connectivity index (χ0n) is 11.8. The Morgan fingerprint density at radius 2 is 2.21 bits per heavy atom. The van der Waals surface area contributed by atoms with Gasteiger partial charge in [0.25, 0.3) is 0 Å². The van der Waals surface area contributed by atoms with Gasteiger partial charge in [-0.05, 0) is 43.7 Å². The number of hydrogen-bond donors (Lipinski definition) is 2. The molecule has 1 aliphatic rings. The summed E-state index contributed by atoms with van der Waals surface area (Å²) < 4.78 is 5.68. The zero-order chi connectivity index (χ0) is 13.7. The Balaban J connectivity index is 2.14. The standard InChI is InChI=1S/C16H25NO2/c1-13-5-2-3-7-15(13)16(11-17,12-18)9-8-14-6-4-10-19-14/h2-3,5,7,14,18H,4,6,8-12,17H2,1H3. The fourth-order valence-corrected chi connectivity index (χ4v) is 3.05. The summed E-state index contributed by atoms with van der Waals surface area (Å²) in [4.78, 5) is 0. The van der Waals surface area contributed by atoms with Crippen LogP contribution in [-0.2, 0) is 10.2 Å². The van der Waals surface area contributed by atoms with Crippen LogP contribution >= 0.6 is 0 Å². The van der Waals surface area contributed by atoms with E-state index in [0.717, 1.165) is 32.3 Å². The van der Waals surface area contributed by atoms with Gasteiger partial charge >= 0.3 is 0 Å². The van der Waals surface area contributed by atoms with Crippen molar-refractivity contribution in [2.24, 2.45) is 5.73 Å². The highest BCUT2D eigenvalue weighted by Gasteiger charge is 2.32. The van der Waals surface area contributed by atoms with Crippen LogP contribution in [0.5, 0.6) is 0 Å². The number of ether oxygens (including phenoxy) is 1. The van der Waals surface area contributed by atoms with Crippen LogP contribution < -0.4 is 5.73 Å². The van der Waals surface area contributed by atoms with Gasteiger partial charge in [-0.15, -0.1) is 0 Å². The second-order valence-corrected chi connectivity index (χ2v) is 5.63. The van der Waals surface area contributed by atoms with Gasteiger partial charge in [0.2, 0.25) is 0 Å². The summed E-state index contributed by atoms with van der Waals surface area (Å²) in [7, 11) is 0. The third kappa shape index (κ3) is 3.16. The van der Waals surface area contributed by atoms with Crippen molar-refractivity contribution in [1.29, 1.82) is 0 Å². The lowest BCUT2D eigenvalue weighted by molar-refractivity contribution is 0.0882. The SMILES string of the molecule is Cc1ccccc1C(CN)(CO)CCC1CCCO1. The quantitative estimate of drug-likeness (QED) is 0.827. The van der Waals surface area contributed by atoms with Gasteiger partial charge in [0, 0.05) is 18.6 Å². The van der Waals surface area contributed by atoms with Crippen LogP contribution in [0.1, 0.15) is 36.8 Å². The van der Waals surface area contributed by atoms with E-state index in [1.165, 1.54) is 11.1 Å². The monoisotopic (exact) mass is 263 g/mol. The van der Waals surface area contributed by atoms with E-state index in [9.17, 15) is 5.11 Å². The Kier molecular flexibility index (Phi) is 4.97. The average Bonchev–Trinajstić information content (AvgIpc) is 2.95. The van der Waals surface area contributed by atoms with Crippen LogP contribution in [-0.4, -0.2) is 31.0 Å².